The van der Waals surface area contributed by atoms with Crippen molar-refractivity contribution in [3.8, 4) is 5.75 Å². The molecule has 1 aliphatic carbocycles. The molecule has 2 aliphatic rings. The van der Waals surface area contributed by atoms with E-state index in [0.29, 0.717) is 18.8 Å². The molecule has 0 bridgehead atoms. The van der Waals surface area contributed by atoms with Gasteiger partial charge in [-0.15, -0.1) is 0 Å². The molecule has 0 spiro atoms. The van der Waals surface area contributed by atoms with Crippen molar-refractivity contribution < 1.29 is 9.47 Å². The minimum atomic E-state index is 0.270. The van der Waals surface area contributed by atoms with Gasteiger partial charge in [0.1, 0.15) is 12.4 Å². The highest BCUT2D eigenvalue weighted by Gasteiger charge is 2.26. The van der Waals surface area contributed by atoms with E-state index in [1.807, 2.05) is 0 Å². The molecule has 3 rings (SSSR count). The van der Waals surface area contributed by atoms with Gasteiger partial charge in [-0.25, -0.2) is 0 Å². The highest BCUT2D eigenvalue weighted by atomic mass is 16.5. The smallest absolute Gasteiger partial charge is 0.122 e. The van der Waals surface area contributed by atoms with Gasteiger partial charge in [0.05, 0.1) is 12.2 Å². The van der Waals surface area contributed by atoms with E-state index < -0.39 is 0 Å². The van der Waals surface area contributed by atoms with Gasteiger partial charge in [0.2, 0.25) is 0 Å². The van der Waals surface area contributed by atoms with Crippen LogP contribution in [0.4, 0.5) is 0 Å². The fourth-order valence-electron chi connectivity index (χ4n) is 3.41. The molecule has 110 valence electrons. The molecule has 20 heavy (non-hydrogen) atoms. The molecule has 1 aromatic carbocycles. The Kier molecular flexibility index (Phi) is 4.27. The molecule has 1 saturated heterocycles. The number of rotatable bonds is 5. The summed E-state index contributed by atoms with van der Waals surface area (Å²) in [6.07, 6.45) is 5.24. The number of benzene rings is 1. The van der Waals surface area contributed by atoms with Gasteiger partial charge in [-0.1, -0.05) is 19.1 Å². The number of fused-ring (bicyclic) bond motifs is 1. The quantitative estimate of drug-likeness (QED) is 0.895. The van der Waals surface area contributed by atoms with Crippen molar-refractivity contribution in [3.63, 3.8) is 0 Å². The zero-order chi connectivity index (χ0) is 13.9. The van der Waals surface area contributed by atoms with E-state index in [4.69, 9.17) is 9.47 Å². The van der Waals surface area contributed by atoms with Gasteiger partial charge < -0.3 is 14.8 Å². The predicted molar refractivity (Wildman–Crippen MR) is 80.2 cm³/mol. The first-order chi connectivity index (χ1) is 9.78. The third kappa shape index (κ3) is 2.84. The van der Waals surface area contributed by atoms with Crippen molar-refractivity contribution in [2.24, 2.45) is 0 Å². The minimum absolute atomic E-state index is 0.270. The van der Waals surface area contributed by atoms with Gasteiger partial charge in [0.25, 0.3) is 0 Å². The molecule has 1 heterocycles. The normalized spacial score (nSPS) is 28.6. The first kappa shape index (κ1) is 13.9. The van der Waals surface area contributed by atoms with Crippen LogP contribution in [0.25, 0.3) is 0 Å². The van der Waals surface area contributed by atoms with E-state index in [1.54, 1.807) is 0 Å². The second-order valence-corrected chi connectivity index (χ2v) is 5.93. The van der Waals surface area contributed by atoms with Gasteiger partial charge in [0.15, 0.2) is 0 Å². The second kappa shape index (κ2) is 6.15. The Morgan fingerprint density at radius 2 is 2.20 bits per heavy atom. The lowest BCUT2D eigenvalue weighted by molar-refractivity contribution is 0.0263. The van der Waals surface area contributed by atoms with E-state index in [0.717, 1.165) is 31.6 Å². The molecule has 1 aromatic rings. The average Bonchev–Trinajstić information content (AvgIpc) is 3.04. The van der Waals surface area contributed by atoms with Gasteiger partial charge in [-0.05, 0) is 56.3 Å². The van der Waals surface area contributed by atoms with Crippen LogP contribution >= 0.6 is 0 Å². The molecule has 3 nitrogen and oxygen atoms in total. The van der Waals surface area contributed by atoms with Crippen LogP contribution in [0.15, 0.2) is 18.2 Å². The van der Waals surface area contributed by atoms with Crippen LogP contribution in [0.2, 0.25) is 0 Å². The topological polar surface area (TPSA) is 30.5 Å². The molecule has 0 aromatic heterocycles. The summed E-state index contributed by atoms with van der Waals surface area (Å²) >= 11 is 0. The lowest BCUT2D eigenvalue weighted by atomic mass is 10.1. The van der Waals surface area contributed by atoms with E-state index in [2.05, 4.69) is 37.4 Å². The summed E-state index contributed by atoms with van der Waals surface area (Å²) in [6.45, 7) is 6.01. The fraction of sp³-hybridized carbons (Fsp3) is 0.647. The van der Waals surface area contributed by atoms with Crippen LogP contribution in [-0.4, -0.2) is 25.4 Å². The van der Waals surface area contributed by atoms with Gasteiger partial charge in [-0.3, -0.25) is 0 Å². The van der Waals surface area contributed by atoms with E-state index in [1.165, 1.54) is 17.5 Å². The molecular weight excluding hydrogens is 250 g/mol. The van der Waals surface area contributed by atoms with Crippen molar-refractivity contribution in [1.29, 1.82) is 0 Å². The zero-order valence-electron chi connectivity index (χ0n) is 12.5. The first-order valence-corrected chi connectivity index (χ1v) is 7.91. The fourth-order valence-corrected chi connectivity index (χ4v) is 3.41. The third-order valence-electron chi connectivity index (χ3n) is 4.42. The lowest BCUT2D eigenvalue weighted by Crippen LogP contribution is -2.19. The maximum absolute atomic E-state index is 6.05. The Balaban J connectivity index is 1.66. The van der Waals surface area contributed by atoms with Crippen LogP contribution in [0.1, 0.15) is 50.3 Å². The highest BCUT2D eigenvalue weighted by molar-refractivity contribution is 5.45. The number of nitrogens with one attached hydrogen (secondary N) is 1. The Bertz CT molecular complexity index is 460. The highest BCUT2D eigenvalue weighted by Crippen LogP contribution is 2.37. The Morgan fingerprint density at radius 3 is 2.95 bits per heavy atom. The molecule has 0 saturated carbocycles. The average molecular weight is 275 g/mol. The molecular formula is C17H25NO2. The Labute approximate surface area is 121 Å². The van der Waals surface area contributed by atoms with Crippen molar-refractivity contribution in [2.45, 2.75) is 57.8 Å². The first-order valence-electron chi connectivity index (χ1n) is 7.91. The second-order valence-electron chi connectivity index (χ2n) is 5.93. The van der Waals surface area contributed by atoms with Crippen LogP contribution < -0.4 is 10.1 Å². The summed E-state index contributed by atoms with van der Waals surface area (Å²) in [7, 11) is 0. The maximum atomic E-state index is 6.05. The van der Waals surface area contributed by atoms with Gasteiger partial charge >= 0.3 is 0 Å². The summed E-state index contributed by atoms with van der Waals surface area (Å²) in [5.41, 5.74) is 2.81. The Hall–Kier alpha value is -1.06. The standard InChI is InChI=1S/C17H25NO2/c1-3-18-16-10-9-15-14(16)5-4-6-17(15)19-11-13-8-7-12(2)20-13/h4-6,12-13,16,18H,3,7-11H2,1-2H3. The monoisotopic (exact) mass is 275 g/mol. The number of ether oxygens (including phenoxy) is 2. The SMILES string of the molecule is CCNC1CCc2c(OCC3CCC(C)O3)cccc21. The maximum Gasteiger partial charge on any atom is 0.122 e. The zero-order valence-corrected chi connectivity index (χ0v) is 12.5. The van der Waals surface area contributed by atoms with Crippen molar-refractivity contribution in [1.82, 2.24) is 5.32 Å². The summed E-state index contributed by atoms with van der Waals surface area (Å²) in [6, 6.07) is 6.95. The third-order valence-corrected chi connectivity index (χ3v) is 4.42. The molecule has 3 atom stereocenters. The summed E-state index contributed by atoms with van der Waals surface area (Å²) in [5.74, 6) is 1.06. The van der Waals surface area contributed by atoms with Crippen LogP contribution in [0.5, 0.6) is 5.75 Å². The summed E-state index contributed by atoms with van der Waals surface area (Å²) in [5, 5.41) is 3.55. The molecule has 0 radical (unpaired) electrons. The van der Waals surface area contributed by atoms with Crippen molar-refractivity contribution >= 4 is 0 Å². The predicted octanol–water partition coefficient (Wildman–Crippen LogP) is 3.23. The lowest BCUT2D eigenvalue weighted by Gasteiger charge is -2.16. The Morgan fingerprint density at radius 1 is 1.30 bits per heavy atom. The van der Waals surface area contributed by atoms with Gasteiger partial charge in [-0.2, -0.15) is 0 Å². The van der Waals surface area contributed by atoms with E-state index in [-0.39, 0.29) is 6.10 Å². The summed E-state index contributed by atoms with van der Waals surface area (Å²) < 4.78 is 11.9. The molecule has 1 fully saturated rings. The van der Waals surface area contributed by atoms with Gasteiger partial charge in [0, 0.05) is 6.04 Å². The number of hydrogen-bond donors (Lipinski definition) is 1. The minimum Gasteiger partial charge on any atom is -0.491 e. The van der Waals surface area contributed by atoms with Crippen molar-refractivity contribution in [3.05, 3.63) is 29.3 Å². The summed E-state index contributed by atoms with van der Waals surface area (Å²) in [4.78, 5) is 0. The molecule has 1 aliphatic heterocycles. The molecule has 3 unspecified atom stereocenters. The molecule has 3 heteroatoms. The van der Waals surface area contributed by atoms with E-state index >= 15 is 0 Å². The van der Waals surface area contributed by atoms with Crippen LogP contribution in [0.3, 0.4) is 0 Å². The van der Waals surface area contributed by atoms with Crippen molar-refractivity contribution in [2.75, 3.05) is 13.2 Å². The number of hydrogen-bond acceptors (Lipinski definition) is 3. The largest absolute Gasteiger partial charge is 0.491 e. The van der Waals surface area contributed by atoms with Crippen LogP contribution in [-0.2, 0) is 11.2 Å². The molecule has 0 amide bonds. The van der Waals surface area contributed by atoms with Crippen LogP contribution in [0, 0.1) is 0 Å². The van der Waals surface area contributed by atoms with E-state index in [9.17, 15) is 0 Å². The molecule has 1 N–H and O–H groups in total.